The number of methoxy groups -OCH3 is 1. The third-order valence-corrected chi connectivity index (χ3v) is 2.77. The van der Waals surface area contributed by atoms with Gasteiger partial charge in [-0.2, -0.15) is 0 Å². The summed E-state index contributed by atoms with van der Waals surface area (Å²) in [5.41, 5.74) is 3.60. The molecule has 0 bridgehead atoms. The van der Waals surface area contributed by atoms with Crippen LogP contribution < -0.4 is 10.1 Å². The lowest BCUT2D eigenvalue weighted by Gasteiger charge is -2.11. The smallest absolute Gasteiger partial charge is 0.119 e. The van der Waals surface area contributed by atoms with Crippen molar-refractivity contribution in [3.05, 3.63) is 42.1 Å². The Hall–Kier alpha value is -1.74. The van der Waals surface area contributed by atoms with Crippen LogP contribution in [0.3, 0.4) is 0 Å². The highest BCUT2D eigenvalue weighted by atomic mass is 16.5. The summed E-state index contributed by atoms with van der Waals surface area (Å²) in [6.07, 6.45) is 1.94. The first-order chi connectivity index (χ1) is 8.35. The van der Waals surface area contributed by atoms with Crippen LogP contribution in [0.2, 0.25) is 0 Å². The summed E-state index contributed by atoms with van der Waals surface area (Å²) >= 11 is 0. The molecule has 17 heavy (non-hydrogen) atoms. The molecule has 0 radical (unpaired) electrons. The molecule has 2 N–H and O–H groups in total. The van der Waals surface area contributed by atoms with E-state index in [1.54, 1.807) is 7.11 Å². The van der Waals surface area contributed by atoms with E-state index in [9.17, 15) is 0 Å². The van der Waals surface area contributed by atoms with Gasteiger partial charge in [0.05, 0.1) is 7.11 Å². The van der Waals surface area contributed by atoms with E-state index in [0.717, 1.165) is 24.5 Å². The molecular weight excluding hydrogens is 212 g/mol. The van der Waals surface area contributed by atoms with Crippen molar-refractivity contribution in [2.45, 2.75) is 13.5 Å². The second-order valence-electron chi connectivity index (χ2n) is 3.89. The van der Waals surface area contributed by atoms with Crippen LogP contribution in [0.1, 0.15) is 12.5 Å². The summed E-state index contributed by atoms with van der Waals surface area (Å²) in [6, 6.07) is 10.3. The SMILES string of the molecule is CCNCc1cc(OC)ccc1-c1ccc[nH]1. The molecule has 0 atom stereocenters. The largest absolute Gasteiger partial charge is 0.497 e. The van der Waals surface area contributed by atoms with Crippen molar-refractivity contribution in [1.82, 2.24) is 10.3 Å². The van der Waals surface area contributed by atoms with Crippen LogP contribution in [0.25, 0.3) is 11.3 Å². The standard InChI is InChI=1S/C14H18N2O/c1-3-15-10-11-9-12(17-2)6-7-13(11)14-5-4-8-16-14/h4-9,15-16H,3,10H2,1-2H3. The molecule has 0 aliphatic heterocycles. The van der Waals surface area contributed by atoms with Crippen LogP contribution in [-0.2, 0) is 6.54 Å². The highest BCUT2D eigenvalue weighted by molar-refractivity contribution is 5.65. The number of nitrogens with one attached hydrogen (secondary N) is 2. The molecule has 3 nitrogen and oxygen atoms in total. The molecule has 0 amide bonds. The predicted molar refractivity (Wildman–Crippen MR) is 70.2 cm³/mol. The first-order valence-corrected chi connectivity index (χ1v) is 5.86. The van der Waals surface area contributed by atoms with Gasteiger partial charge in [0.25, 0.3) is 0 Å². The summed E-state index contributed by atoms with van der Waals surface area (Å²) in [4.78, 5) is 3.24. The number of rotatable bonds is 5. The third-order valence-electron chi connectivity index (χ3n) is 2.77. The maximum absolute atomic E-state index is 5.27. The van der Waals surface area contributed by atoms with E-state index >= 15 is 0 Å². The van der Waals surface area contributed by atoms with Gasteiger partial charge in [-0.1, -0.05) is 6.92 Å². The van der Waals surface area contributed by atoms with Crippen molar-refractivity contribution in [2.75, 3.05) is 13.7 Å². The lowest BCUT2D eigenvalue weighted by molar-refractivity contribution is 0.414. The molecule has 0 spiro atoms. The van der Waals surface area contributed by atoms with Gasteiger partial charge in [0.2, 0.25) is 0 Å². The van der Waals surface area contributed by atoms with E-state index in [0.29, 0.717) is 0 Å². The summed E-state index contributed by atoms with van der Waals surface area (Å²) in [7, 11) is 1.70. The quantitative estimate of drug-likeness (QED) is 0.828. The Morgan fingerprint density at radius 3 is 2.82 bits per heavy atom. The number of H-pyrrole nitrogens is 1. The Morgan fingerprint density at radius 2 is 2.18 bits per heavy atom. The normalized spacial score (nSPS) is 10.5. The minimum Gasteiger partial charge on any atom is -0.497 e. The molecule has 0 unspecified atom stereocenters. The van der Waals surface area contributed by atoms with Crippen LogP contribution in [0.4, 0.5) is 0 Å². The molecule has 90 valence electrons. The summed E-state index contributed by atoms with van der Waals surface area (Å²) in [6.45, 7) is 3.91. The van der Waals surface area contributed by atoms with Crippen molar-refractivity contribution in [2.24, 2.45) is 0 Å². The molecule has 0 aliphatic carbocycles. The van der Waals surface area contributed by atoms with Crippen LogP contribution in [0.5, 0.6) is 5.75 Å². The van der Waals surface area contributed by atoms with Crippen LogP contribution >= 0.6 is 0 Å². The van der Waals surface area contributed by atoms with Gasteiger partial charge in [-0.25, -0.2) is 0 Å². The number of hydrogen-bond acceptors (Lipinski definition) is 2. The van der Waals surface area contributed by atoms with Gasteiger partial charge < -0.3 is 15.0 Å². The molecule has 0 aliphatic rings. The van der Waals surface area contributed by atoms with Crippen molar-refractivity contribution >= 4 is 0 Å². The Balaban J connectivity index is 2.36. The lowest BCUT2D eigenvalue weighted by Crippen LogP contribution is -2.12. The molecular formula is C14H18N2O. The maximum Gasteiger partial charge on any atom is 0.119 e. The molecule has 1 heterocycles. The second kappa shape index (κ2) is 5.55. The first-order valence-electron chi connectivity index (χ1n) is 5.86. The van der Waals surface area contributed by atoms with Gasteiger partial charge >= 0.3 is 0 Å². The zero-order chi connectivity index (χ0) is 12.1. The average Bonchev–Trinajstić information content (AvgIpc) is 2.89. The zero-order valence-electron chi connectivity index (χ0n) is 10.3. The fourth-order valence-corrected chi connectivity index (χ4v) is 1.86. The van der Waals surface area contributed by atoms with E-state index in [1.807, 2.05) is 18.3 Å². The van der Waals surface area contributed by atoms with E-state index < -0.39 is 0 Å². The molecule has 0 saturated heterocycles. The lowest BCUT2D eigenvalue weighted by atomic mass is 10.0. The second-order valence-corrected chi connectivity index (χ2v) is 3.89. The Kier molecular flexibility index (Phi) is 3.83. The molecule has 3 heteroatoms. The van der Waals surface area contributed by atoms with Crippen molar-refractivity contribution in [3.8, 4) is 17.0 Å². The van der Waals surface area contributed by atoms with Crippen LogP contribution in [0, 0.1) is 0 Å². The first kappa shape index (κ1) is 11.7. The molecule has 2 aromatic rings. The summed E-state index contributed by atoms with van der Waals surface area (Å²) in [5, 5.41) is 3.35. The molecule has 1 aromatic heterocycles. The van der Waals surface area contributed by atoms with E-state index in [2.05, 4.69) is 35.4 Å². The number of hydrogen-bond donors (Lipinski definition) is 2. The maximum atomic E-state index is 5.27. The molecule has 0 fully saturated rings. The predicted octanol–water partition coefficient (Wildman–Crippen LogP) is 2.80. The monoisotopic (exact) mass is 230 g/mol. The fourth-order valence-electron chi connectivity index (χ4n) is 1.86. The van der Waals surface area contributed by atoms with Gasteiger partial charge in [0, 0.05) is 24.0 Å². The zero-order valence-corrected chi connectivity index (χ0v) is 10.3. The minimum absolute atomic E-state index is 0.849. The summed E-state index contributed by atoms with van der Waals surface area (Å²) in [5.74, 6) is 0.896. The number of benzene rings is 1. The average molecular weight is 230 g/mol. The van der Waals surface area contributed by atoms with Crippen molar-refractivity contribution in [1.29, 1.82) is 0 Å². The Morgan fingerprint density at radius 1 is 1.29 bits per heavy atom. The van der Waals surface area contributed by atoms with Gasteiger partial charge in [-0.15, -0.1) is 0 Å². The number of ether oxygens (including phenoxy) is 1. The van der Waals surface area contributed by atoms with Crippen molar-refractivity contribution in [3.63, 3.8) is 0 Å². The highest BCUT2D eigenvalue weighted by Crippen LogP contribution is 2.26. The summed E-state index contributed by atoms with van der Waals surface area (Å²) < 4.78 is 5.27. The number of aromatic amines is 1. The highest BCUT2D eigenvalue weighted by Gasteiger charge is 2.06. The topological polar surface area (TPSA) is 37.0 Å². The fraction of sp³-hybridized carbons (Fsp3) is 0.286. The van der Waals surface area contributed by atoms with Gasteiger partial charge in [-0.3, -0.25) is 0 Å². The van der Waals surface area contributed by atoms with Crippen molar-refractivity contribution < 1.29 is 4.74 Å². The molecule has 2 rings (SSSR count). The molecule has 0 saturated carbocycles. The van der Waals surface area contributed by atoms with Crippen LogP contribution in [-0.4, -0.2) is 18.6 Å². The Bertz CT molecular complexity index is 463. The van der Waals surface area contributed by atoms with E-state index in [1.165, 1.54) is 11.1 Å². The van der Waals surface area contributed by atoms with Gasteiger partial charge in [0.1, 0.15) is 5.75 Å². The van der Waals surface area contributed by atoms with Gasteiger partial charge in [0.15, 0.2) is 0 Å². The molecule has 1 aromatic carbocycles. The van der Waals surface area contributed by atoms with E-state index in [4.69, 9.17) is 4.74 Å². The third kappa shape index (κ3) is 2.68. The minimum atomic E-state index is 0.849. The Labute approximate surface area is 102 Å². The number of aromatic nitrogens is 1. The van der Waals surface area contributed by atoms with Gasteiger partial charge in [-0.05, 0) is 42.4 Å². The van der Waals surface area contributed by atoms with E-state index in [-0.39, 0.29) is 0 Å². The van der Waals surface area contributed by atoms with Crippen LogP contribution in [0.15, 0.2) is 36.5 Å².